The number of carbonyl (C=O) groups is 1. The van der Waals surface area contributed by atoms with Crippen molar-refractivity contribution in [3.63, 3.8) is 0 Å². The number of thiophene rings is 2. The lowest BCUT2D eigenvalue weighted by Crippen LogP contribution is -2.31. The van der Waals surface area contributed by atoms with Crippen LogP contribution in [0.25, 0.3) is 10.8 Å². The normalized spacial score (nSPS) is 17.7. The molecule has 0 bridgehead atoms. The van der Waals surface area contributed by atoms with Gasteiger partial charge in [0.2, 0.25) is 11.8 Å². The highest BCUT2D eigenvalue weighted by molar-refractivity contribution is 7.13. The average molecular weight is 344 g/mol. The number of carbonyl (C=O) groups excluding carboxylic acids is 1. The molecule has 6 heteroatoms. The van der Waals surface area contributed by atoms with E-state index in [-0.39, 0.29) is 11.9 Å². The molecule has 1 saturated heterocycles. The van der Waals surface area contributed by atoms with Crippen LogP contribution in [-0.2, 0) is 11.2 Å². The molecule has 0 N–H and O–H groups in total. The van der Waals surface area contributed by atoms with Crippen molar-refractivity contribution in [3.05, 3.63) is 51.9 Å². The number of oxazole rings is 1. The minimum Gasteiger partial charge on any atom is -0.444 e. The molecule has 1 atom stereocenters. The van der Waals surface area contributed by atoms with Crippen LogP contribution < -0.4 is 0 Å². The first-order valence-electron chi connectivity index (χ1n) is 7.62. The minimum atomic E-state index is 0.131. The van der Waals surface area contributed by atoms with E-state index in [2.05, 4.69) is 16.4 Å². The van der Waals surface area contributed by atoms with Gasteiger partial charge in [-0.25, -0.2) is 4.98 Å². The van der Waals surface area contributed by atoms with E-state index < -0.39 is 0 Å². The summed E-state index contributed by atoms with van der Waals surface area (Å²) >= 11 is 3.31. The summed E-state index contributed by atoms with van der Waals surface area (Å²) in [7, 11) is 0. The van der Waals surface area contributed by atoms with Gasteiger partial charge >= 0.3 is 0 Å². The van der Waals surface area contributed by atoms with Crippen LogP contribution in [0.15, 0.2) is 45.7 Å². The Morgan fingerprint density at radius 3 is 2.96 bits per heavy atom. The molecule has 0 radical (unpaired) electrons. The summed E-state index contributed by atoms with van der Waals surface area (Å²) < 4.78 is 5.50. The van der Waals surface area contributed by atoms with Gasteiger partial charge in [0.25, 0.3) is 0 Å². The van der Waals surface area contributed by atoms with Gasteiger partial charge in [0, 0.05) is 11.4 Å². The van der Waals surface area contributed by atoms with Gasteiger partial charge in [0.05, 0.1) is 23.0 Å². The van der Waals surface area contributed by atoms with Gasteiger partial charge in [-0.05, 0) is 35.7 Å². The molecule has 4 nitrogen and oxygen atoms in total. The molecule has 1 amide bonds. The third-order valence-corrected chi connectivity index (χ3v) is 5.89. The first-order chi connectivity index (χ1) is 11.3. The van der Waals surface area contributed by atoms with Gasteiger partial charge in [-0.3, -0.25) is 4.79 Å². The van der Waals surface area contributed by atoms with Crippen LogP contribution in [0, 0.1) is 0 Å². The summed E-state index contributed by atoms with van der Waals surface area (Å²) in [5.41, 5.74) is 0.704. The average Bonchev–Trinajstić information content (AvgIpc) is 3.30. The van der Waals surface area contributed by atoms with Crippen LogP contribution in [0.4, 0.5) is 0 Å². The summed E-state index contributed by atoms with van der Waals surface area (Å²) in [6.07, 6.45) is 4.01. The zero-order valence-corrected chi connectivity index (χ0v) is 14.1. The number of hydrogen-bond acceptors (Lipinski definition) is 5. The monoisotopic (exact) mass is 344 g/mol. The van der Waals surface area contributed by atoms with E-state index >= 15 is 0 Å². The Hall–Kier alpha value is -1.92. The SMILES string of the molecule is O=C(Cc1coc(-c2cccs2)n1)N1CCC[C@H]1c1cccs1. The molecule has 0 saturated carbocycles. The van der Waals surface area contributed by atoms with Crippen molar-refractivity contribution in [3.8, 4) is 10.8 Å². The Morgan fingerprint density at radius 1 is 1.30 bits per heavy atom. The molecule has 0 unspecified atom stereocenters. The second-order valence-electron chi connectivity index (χ2n) is 5.56. The van der Waals surface area contributed by atoms with Crippen molar-refractivity contribution in [2.24, 2.45) is 0 Å². The van der Waals surface area contributed by atoms with Gasteiger partial charge in [-0.15, -0.1) is 22.7 Å². The van der Waals surface area contributed by atoms with Gasteiger partial charge in [-0.2, -0.15) is 0 Å². The van der Waals surface area contributed by atoms with Crippen molar-refractivity contribution in [2.75, 3.05) is 6.54 Å². The minimum absolute atomic E-state index is 0.131. The van der Waals surface area contributed by atoms with E-state index in [1.807, 2.05) is 28.5 Å². The molecule has 1 aliphatic heterocycles. The van der Waals surface area contributed by atoms with Gasteiger partial charge in [-0.1, -0.05) is 12.1 Å². The quantitative estimate of drug-likeness (QED) is 0.706. The maximum Gasteiger partial charge on any atom is 0.236 e. The Balaban J connectivity index is 1.47. The summed E-state index contributed by atoms with van der Waals surface area (Å²) in [5, 5.41) is 4.06. The zero-order valence-electron chi connectivity index (χ0n) is 12.5. The second-order valence-corrected chi connectivity index (χ2v) is 7.49. The Labute approximate surface area is 142 Å². The van der Waals surface area contributed by atoms with Crippen LogP contribution in [0.2, 0.25) is 0 Å². The predicted octanol–water partition coefficient (Wildman–Crippen LogP) is 4.37. The van der Waals surface area contributed by atoms with Crippen molar-refractivity contribution in [1.29, 1.82) is 0 Å². The number of rotatable bonds is 4. The smallest absolute Gasteiger partial charge is 0.236 e. The van der Waals surface area contributed by atoms with Gasteiger partial charge < -0.3 is 9.32 Å². The highest BCUT2D eigenvalue weighted by Gasteiger charge is 2.30. The van der Waals surface area contributed by atoms with Crippen molar-refractivity contribution >= 4 is 28.6 Å². The molecule has 0 aliphatic carbocycles. The van der Waals surface area contributed by atoms with E-state index in [1.165, 1.54) is 4.88 Å². The lowest BCUT2D eigenvalue weighted by atomic mass is 10.2. The number of likely N-dealkylation sites (tertiary alicyclic amines) is 1. The molecular formula is C17H16N2O2S2. The van der Waals surface area contributed by atoms with Crippen LogP contribution in [0.5, 0.6) is 0 Å². The molecule has 3 aromatic heterocycles. The van der Waals surface area contributed by atoms with Crippen LogP contribution in [-0.4, -0.2) is 22.3 Å². The molecule has 118 valence electrons. The molecule has 1 fully saturated rings. The lowest BCUT2D eigenvalue weighted by molar-refractivity contribution is -0.131. The summed E-state index contributed by atoms with van der Waals surface area (Å²) in [4.78, 5) is 21.4. The fourth-order valence-electron chi connectivity index (χ4n) is 3.00. The molecule has 0 spiro atoms. The maximum absolute atomic E-state index is 12.7. The third-order valence-electron chi connectivity index (χ3n) is 4.06. The number of amides is 1. The topological polar surface area (TPSA) is 46.3 Å². The second kappa shape index (κ2) is 6.29. The molecule has 1 aliphatic rings. The molecule has 23 heavy (non-hydrogen) atoms. The zero-order chi connectivity index (χ0) is 15.6. The number of hydrogen-bond donors (Lipinski definition) is 0. The van der Waals surface area contributed by atoms with E-state index in [4.69, 9.17) is 4.42 Å². The highest BCUT2D eigenvalue weighted by atomic mass is 32.1. The van der Waals surface area contributed by atoms with E-state index in [0.717, 1.165) is 24.3 Å². The van der Waals surface area contributed by atoms with Crippen LogP contribution in [0.1, 0.15) is 29.5 Å². The number of nitrogens with zero attached hydrogens (tertiary/aromatic N) is 2. The fourth-order valence-corrected chi connectivity index (χ4v) is 4.53. The van der Waals surface area contributed by atoms with Crippen molar-refractivity contribution < 1.29 is 9.21 Å². The fraction of sp³-hybridized carbons (Fsp3) is 0.294. The highest BCUT2D eigenvalue weighted by Crippen LogP contribution is 2.35. The van der Waals surface area contributed by atoms with Crippen LogP contribution >= 0.6 is 22.7 Å². The van der Waals surface area contributed by atoms with Gasteiger partial charge in [0.1, 0.15) is 6.26 Å². The molecule has 4 heterocycles. The number of aromatic nitrogens is 1. The maximum atomic E-state index is 12.7. The van der Waals surface area contributed by atoms with Gasteiger partial charge in [0.15, 0.2) is 0 Å². The summed E-state index contributed by atoms with van der Waals surface area (Å²) in [6.45, 7) is 0.830. The first-order valence-corrected chi connectivity index (χ1v) is 9.38. The lowest BCUT2D eigenvalue weighted by Gasteiger charge is -2.23. The van der Waals surface area contributed by atoms with E-state index in [1.54, 1.807) is 28.9 Å². The molecular weight excluding hydrogens is 328 g/mol. The molecule has 4 rings (SSSR count). The Kier molecular flexibility index (Phi) is 4.01. The molecule has 0 aromatic carbocycles. The van der Waals surface area contributed by atoms with Crippen molar-refractivity contribution in [2.45, 2.75) is 25.3 Å². The van der Waals surface area contributed by atoms with E-state index in [9.17, 15) is 4.79 Å². The van der Waals surface area contributed by atoms with Crippen LogP contribution in [0.3, 0.4) is 0 Å². The summed E-state index contributed by atoms with van der Waals surface area (Å²) in [6, 6.07) is 8.32. The standard InChI is InChI=1S/C17H16N2O2S2/c20-16(19-7-1-4-13(19)14-5-2-8-22-14)10-12-11-21-17(18-12)15-6-3-9-23-15/h2-3,5-6,8-9,11,13H,1,4,7,10H2/t13-/m0/s1. The van der Waals surface area contributed by atoms with Crippen molar-refractivity contribution in [1.82, 2.24) is 9.88 Å². The van der Waals surface area contributed by atoms with E-state index in [0.29, 0.717) is 18.0 Å². The third kappa shape index (κ3) is 2.96. The summed E-state index contributed by atoms with van der Waals surface area (Å²) in [5.74, 6) is 0.728. The molecule has 3 aromatic rings. The predicted molar refractivity (Wildman–Crippen MR) is 91.5 cm³/mol. The largest absolute Gasteiger partial charge is 0.444 e. The Bertz CT molecular complexity index is 778. The Morgan fingerprint density at radius 2 is 2.17 bits per heavy atom. The first kappa shape index (κ1) is 14.7.